The monoisotopic (exact) mass is 471 g/mol. The number of amides is 1. The summed E-state index contributed by atoms with van der Waals surface area (Å²) in [5.74, 6) is 1.09. The van der Waals surface area contributed by atoms with Crippen molar-refractivity contribution in [1.29, 1.82) is 0 Å². The number of carbonyl (C=O) groups is 1. The molecule has 5 rings (SSSR count). The lowest BCUT2D eigenvalue weighted by molar-refractivity contribution is -0.117. The first kappa shape index (κ1) is 22.5. The summed E-state index contributed by atoms with van der Waals surface area (Å²) >= 11 is 1.70. The highest BCUT2D eigenvalue weighted by molar-refractivity contribution is 7.14. The maximum atomic E-state index is 12.9. The number of carbonyl (C=O) groups excluding carboxylic acids is 1. The van der Waals surface area contributed by atoms with E-state index in [2.05, 4.69) is 21.6 Å². The fraction of sp³-hybridized carbons (Fsp3) is 0.321. The third-order valence-electron chi connectivity index (χ3n) is 6.76. The van der Waals surface area contributed by atoms with Crippen LogP contribution in [0, 0.1) is 0 Å². The molecule has 0 radical (unpaired) electrons. The summed E-state index contributed by atoms with van der Waals surface area (Å²) in [6, 6.07) is 20.0. The van der Waals surface area contributed by atoms with Crippen molar-refractivity contribution in [3.63, 3.8) is 0 Å². The fourth-order valence-corrected chi connectivity index (χ4v) is 5.62. The third-order valence-corrected chi connectivity index (χ3v) is 7.89. The van der Waals surface area contributed by atoms with Crippen molar-refractivity contribution in [3.05, 3.63) is 71.2 Å². The maximum absolute atomic E-state index is 12.9. The number of benzene rings is 3. The van der Waals surface area contributed by atoms with Gasteiger partial charge in [0.1, 0.15) is 15.8 Å². The van der Waals surface area contributed by atoms with Crippen LogP contribution < -0.4 is 10.1 Å². The summed E-state index contributed by atoms with van der Waals surface area (Å²) in [5, 5.41) is 16.2. The van der Waals surface area contributed by atoms with Crippen LogP contribution in [0.4, 0.5) is 5.69 Å². The van der Waals surface area contributed by atoms with Crippen LogP contribution in [0.3, 0.4) is 0 Å². The molecule has 174 valence electrons. The molecule has 0 bridgehead atoms. The Bertz CT molecular complexity index is 1290. The highest BCUT2D eigenvalue weighted by atomic mass is 32.1. The largest absolute Gasteiger partial charge is 0.497 e. The van der Waals surface area contributed by atoms with E-state index in [4.69, 9.17) is 4.74 Å². The van der Waals surface area contributed by atoms with Gasteiger partial charge in [0.2, 0.25) is 5.91 Å². The molecule has 1 fully saturated rings. The first-order chi connectivity index (χ1) is 16.6. The van der Waals surface area contributed by atoms with Gasteiger partial charge >= 0.3 is 0 Å². The Labute approximate surface area is 204 Å². The summed E-state index contributed by atoms with van der Waals surface area (Å²) < 4.78 is 5.30. The number of aromatic nitrogens is 2. The quantitative estimate of drug-likeness (QED) is 0.324. The van der Waals surface area contributed by atoms with Crippen LogP contribution in [-0.4, -0.2) is 23.2 Å². The Morgan fingerprint density at radius 2 is 1.71 bits per heavy atom. The van der Waals surface area contributed by atoms with E-state index in [9.17, 15) is 4.79 Å². The molecule has 1 saturated carbocycles. The maximum Gasteiger partial charge on any atom is 0.231 e. The number of nitrogens with one attached hydrogen (secondary N) is 1. The molecular formula is C28H29N3O2S. The molecule has 6 heteroatoms. The van der Waals surface area contributed by atoms with Crippen molar-refractivity contribution in [2.75, 3.05) is 12.4 Å². The summed E-state index contributed by atoms with van der Waals surface area (Å²) in [4.78, 5) is 12.9. The van der Waals surface area contributed by atoms with Crippen molar-refractivity contribution >= 4 is 33.7 Å². The number of nitrogens with zero attached hydrogens (tertiary/aromatic N) is 2. The van der Waals surface area contributed by atoms with E-state index < -0.39 is 0 Å². The van der Waals surface area contributed by atoms with Crippen LogP contribution in [-0.2, 0) is 4.79 Å². The van der Waals surface area contributed by atoms with Crippen LogP contribution in [0.2, 0.25) is 0 Å². The Kier molecular flexibility index (Phi) is 6.59. The highest BCUT2D eigenvalue weighted by Gasteiger charge is 2.20. The number of methoxy groups -OCH3 is 1. The number of fused-ring (bicyclic) bond motifs is 1. The van der Waals surface area contributed by atoms with Crippen molar-refractivity contribution in [1.82, 2.24) is 10.2 Å². The standard InChI is InChI=1S/C28H29N3O2S/c1-18(21-8-9-23-17-25(33-2)15-12-22(23)16-21)26(32)29-24-13-10-20(11-14-24)28-31-30-27(34-28)19-6-4-3-5-7-19/h8-19H,3-7H2,1-2H3,(H,29,32). The SMILES string of the molecule is COc1ccc2cc(C(C)C(=O)Nc3ccc(-c4nnc(C5CCCCC5)s4)cc3)ccc2c1. The summed E-state index contributed by atoms with van der Waals surface area (Å²) in [6.45, 7) is 1.93. The predicted molar refractivity (Wildman–Crippen MR) is 139 cm³/mol. The minimum atomic E-state index is -0.271. The van der Waals surface area contributed by atoms with Gasteiger partial charge in [0.25, 0.3) is 0 Å². The molecule has 1 aromatic heterocycles. The average molecular weight is 472 g/mol. The van der Waals surface area contributed by atoms with Gasteiger partial charge in [-0.2, -0.15) is 0 Å². The van der Waals surface area contributed by atoms with Gasteiger partial charge < -0.3 is 10.1 Å². The van der Waals surface area contributed by atoms with E-state index in [1.807, 2.05) is 61.5 Å². The molecule has 34 heavy (non-hydrogen) atoms. The van der Waals surface area contributed by atoms with Crippen LogP contribution >= 0.6 is 11.3 Å². The zero-order chi connectivity index (χ0) is 23.5. The van der Waals surface area contributed by atoms with Gasteiger partial charge in [-0.1, -0.05) is 54.9 Å². The van der Waals surface area contributed by atoms with Gasteiger partial charge in [0, 0.05) is 17.2 Å². The molecule has 5 nitrogen and oxygen atoms in total. The molecule has 1 unspecified atom stereocenters. The normalized spacial score (nSPS) is 15.2. The van der Waals surface area contributed by atoms with Gasteiger partial charge in [-0.3, -0.25) is 4.79 Å². The van der Waals surface area contributed by atoms with Gasteiger partial charge in [-0.05, 0) is 72.5 Å². The first-order valence-electron chi connectivity index (χ1n) is 11.9. The van der Waals surface area contributed by atoms with Gasteiger partial charge in [-0.25, -0.2) is 0 Å². The molecule has 1 atom stereocenters. The van der Waals surface area contributed by atoms with Gasteiger partial charge in [-0.15, -0.1) is 10.2 Å². The van der Waals surface area contributed by atoms with Crippen LogP contribution in [0.5, 0.6) is 5.75 Å². The minimum Gasteiger partial charge on any atom is -0.497 e. The second-order valence-electron chi connectivity index (χ2n) is 9.04. The molecule has 1 aliphatic carbocycles. The lowest BCUT2D eigenvalue weighted by Crippen LogP contribution is -2.18. The fourth-order valence-electron chi connectivity index (χ4n) is 4.60. The molecule has 1 heterocycles. The Hall–Kier alpha value is -3.25. The number of ether oxygens (including phenoxy) is 1. The van der Waals surface area contributed by atoms with Crippen LogP contribution in [0.25, 0.3) is 21.3 Å². The number of hydrogen-bond donors (Lipinski definition) is 1. The summed E-state index contributed by atoms with van der Waals surface area (Å²) in [7, 11) is 1.66. The van der Waals surface area contributed by atoms with E-state index in [1.165, 1.54) is 32.1 Å². The number of rotatable bonds is 6. The third kappa shape index (κ3) is 4.82. The summed E-state index contributed by atoms with van der Waals surface area (Å²) in [5.41, 5.74) is 2.80. The summed E-state index contributed by atoms with van der Waals surface area (Å²) in [6.07, 6.45) is 6.37. The molecular weight excluding hydrogens is 442 g/mol. The zero-order valence-electron chi connectivity index (χ0n) is 19.6. The molecule has 1 aliphatic rings. The Morgan fingerprint density at radius 3 is 2.47 bits per heavy atom. The second kappa shape index (κ2) is 9.94. The lowest BCUT2D eigenvalue weighted by Gasteiger charge is -2.18. The number of hydrogen-bond acceptors (Lipinski definition) is 5. The minimum absolute atomic E-state index is 0.0314. The second-order valence-corrected chi connectivity index (χ2v) is 10.1. The lowest BCUT2D eigenvalue weighted by atomic mass is 9.90. The average Bonchev–Trinajstić information content (AvgIpc) is 3.39. The highest BCUT2D eigenvalue weighted by Crippen LogP contribution is 2.36. The number of anilines is 1. The van der Waals surface area contributed by atoms with Crippen molar-refractivity contribution < 1.29 is 9.53 Å². The topological polar surface area (TPSA) is 64.1 Å². The van der Waals surface area contributed by atoms with Crippen LogP contribution in [0.1, 0.15) is 61.4 Å². The van der Waals surface area contributed by atoms with Gasteiger partial charge in [0.05, 0.1) is 13.0 Å². The van der Waals surface area contributed by atoms with E-state index in [-0.39, 0.29) is 11.8 Å². The molecule has 3 aromatic carbocycles. The molecule has 0 saturated heterocycles. The van der Waals surface area contributed by atoms with Gasteiger partial charge in [0.15, 0.2) is 0 Å². The smallest absolute Gasteiger partial charge is 0.231 e. The molecule has 1 N–H and O–H groups in total. The Balaban J connectivity index is 1.25. The molecule has 1 amide bonds. The molecule has 0 aliphatic heterocycles. The van der Waals surface area contributed by atoms with E-state index in [1.54, 1.807) is 18.4 Å². The van der Waals surface area contributed by atoms with Crippen LogP contribution in [0.15, 0.2) is 60.7 Å². The molecule has 4 aromatic rings. The van der Waals surface area contributed by atoms with Crippen molar-refractivity contribution in [3.8, 4) is 16.3 Å². The predicted octanol–water partition coefficient (Wildman–Crippen LogP) is 7.16. The van der Waals surface area contributed by atoms with Crippen molar-refractivity contribution in [2.45, 2.75) is 50.9 Å². The first-order valence-corrected chi connectivity index (χ1v) is 12.7. The Morgan fingerprint density at radius 1 is 0.971 bits per heavy atom. The van der Waals surface area contributed by atoms with E-state index >= 15 is 0 Å². The zero-order valence-corrected chi connectivity index (χ0v) is 20.4. The van der Waals surface area contributed by atoms with E-state index in [0.717, 1.165) is 43.4 Å². The molecule has 0 spiro atoms. The van der Waals surface area contributed by atoms with Crippen molar-refractivity contribution in [2.24, 2.45) is 0 Å². The van der Waals surface area contributed by atoms with E-state index in [0.29, 0.717) is 5.92 Å².